The fourth-order valence-corrected chi connectivity index (χ4v) is 2.57. The molecule has 0 unspecified atom stereocenters. The van der Waals surface area contributed by atoms with E-state index in [9.17, 15) is 9.59 Å². The van der Waals surface area contributed by atoms with Crippen LogP contribution in [0.4, 0.5) is 0 Å². The fourth-order valence-electron chi connectivity index (χ4n) is 2.17. The van der Waals surface area contributed by atoms with Crippen LogP contribution in [-0.2, 0) is 4.79 Å². The molecular weight excluding hydrogens is 250 g/mol. The van der Waals surface area contributed by atoms with Crippen molar-refractivity contribution in [2.24, 2.45) is 0 Å². The molecule has 1 N–H and O–H groups in total. The molecule has 0 radical (unpaired) electrons. The molecule has 1 heterocycles. The van der Waals surface area contributed by atoms with Gasteiger partial charge in [-0.25, -0.2) is 4.79 Å². The van der Waals surface area contributed by atoms with E-state index in [-0.39, 0.29) is 5.91 Å². The number of hydrogen-bond donors (Lipinski definition) is 1. The third-order valence-corrected chi connectivity index (χ3v) is 3.88. The maximum Gasteiger partial charge on any atom is 0.326 e. The number of amides is 1. The largest absolute Gasteiger partial charge is 0.480 e. The SMILES string of the molecule is CSc1ccc(C(=O)N2CCC[C@H]2C(=O)O)cc1. The molecule has 0 aromatic heterocycles. The first kappa shape index (κ1) is 13.0. The molecule has 1 amide bonds. The van der Waals surface area contributed by atoms with Crippen LogP contribution in [0.3, 0.4) is 0 Å². The monoisotopic (exact) mass is 265 g/mol. The summed E-state index contributed by atoms with van der Waals surface area (Å²) in [5, 5.41) is 9.06. The van der Waals surface area contributed by atoms with E-state index >= 15 is 0 Å². The number of carbonyl (C=O) groups excluding carboxylic acids is 1. The number of thioether (sulfide) groups is 1. The van der Waals surface area contributed by atoms with Crippen molar-refractivity contribution >= 4 is 23.6 Å². The normalized spacial score (nSPS) is 18.9. The van der Waals surface area contributed by atoms with Gasteiger partial charge in [-0.3, -0.25) is 4.79 Å². The lowest BCUT2D eigenvalue weighted by Gasteiger charge is -2.21. The molecule has 5 heteroatoms. The van der Waals surface area contributed by atoms with Crippen LogP contribution in [0.5, 0.6) is 0 Å². The van der Waals surface area contributed by atoms with Crippen LogP contribution < -0.4 is 0 Å². The fraction of sp³-hybridized carbons (Fsp3) is 0.385. The van der Waals surface area contributed by atoms with Gasteiger partial charge in [-0.15, -0.1) is 11.8 Å². The Hall–Kier alpha value is -1.49. The van der Waals surface area contributed by atoms with Crippen molar-refractivity contribution < 1.29 is 14.7 Å². The van der Waals surface area contributed by atoms with Gasteiger partial charge >= 0.3 is 5.97 Å². The van der Waals surface area contributed by atoms with Crippen LogP contribution in [0.2, 0.25) is 0 Å². The molecule has 4 nitrogen and oxygen atoms in total. The average Bonchev–Trinajstić information content (AvgIpc) is 2.87. The van der Waals surface area contributed by atoms with E-state index in [0.29, 0.717) is 18.5 Å². The Morgan fingerprint density at radius 2 is 2.00 bits per heavy atom. The summed E-state index contributed by atoms with van der Waals surface area (Å²) in [7, 11) is 0. The third kappa shape index (κ3) is 2.51. The minimum Gasteiger partial charge on any atom is -0.480 e. The first-order chi connectivity index (χ1) is 8.63. The number of carboxylic acid groups (broad SMARTS) is 1. The Morgan fingerprint density at radius 1 is 1.33 bits per heavy atom. The minimum absolute atomic E-state index is 0.187. The van der Waals surface area contributed by atoms with E-state index in [4.69, 9.17) is 5.11 Å². The Morgan fingerprint density at radius 3 is 2.56 bits per heavy atom. The summed E-state index contributed by atoms with van der Waals surface area (Å²) >= 11 is 1.61. The van der Waals surface area contributed by atoms with Crippen LogP contribution in [0, 0.1) is 0 Å². The quantitative estimate of drug-likeness (QED) is 0.850. The van der Waals surface area contributed by atoms with Crippen LogP contribution in [0.1, 0.15) is 23.2 Å². The van der Waals surface area contributed by atoms with Crippen molar-refractivity contribution in [1.82, 2.24) is 4.90 Å². The van der Waals surface area contributed by atoms with Gasteiger partial charge in [0, 0.05) is 17.0 Å². The van der Waals surface area contributed by atoms with Crippen LogP contribution >= 0.6 is 11.8 Å². The molecule has 1 aliphatic heterocycles. The van der Waals surface area contributed by atoms with Gasteiger partial charge in [0.05, 0.1) is 0 Å². The molecular formula is C13H15NO3S. The van der Waals surface area contributed by atoms with Crippen molar-refractivity contribution in [2.45, 2.75) is 23.8 Å². The Labute approximate surface area is 110 Å². The lowest BCUT2D eigenvalue weighted by molar-refractivity contribution is -0.141. The van der Waals surface area contributed by atoms with E-state index in [0.717, 1.165) is 11.3 Å². The summed E-state index contributed by atoms with van der Waals surface area (Å²) in [4.78, 5) is 25.8. The molecule has 0 bridgehead atoms. The summed E-state index contributed by atoms with van der Waals surface area (Å²) in [6.07, 6.45) is 3.27. The predicted molar refractivity (Wildman–Crippen MR) is 69.9 cm³/mol. The van der Waals surface area contributed by atoms with Gasteiger partial charge in [-0.1, -0.05) is 0 Å². The van der Waals surface area contributed by atoms with E-state index in [1.165, 1.54) is 4.90 Å². The summed E-state index contributed by atoms with van der Waals surface area (Å²) in [5.74, 6) is -1.10. The van der Waals surface area contributed by atoms with Crippen molar-refractivity contribution in [3.63, 3.8) is 0 Å². The Bertz CT molecular complexity index is 458. The molecule has 1 saturated heterocycles. The summed E-state index contributed by atoms with van der Waals surface area (Å²) in [5.41, 5.74) is 0.556. The molecule has 1 fully saturated rings. The highest BCUT2D eigenvalue weighted by molar-refractivity contribution is 7.98. The second kappa shape index (κ2) is 5.44. The summed E-state index contributed by atoms with van der Waals surface area (Å²) in [6, 6.07) is 6.60. The first-order valence-corrected chi connectivity index (χ1v) is 7.04. The number of carbonyl (C=O) groups is 2. The molecule has 0 aliphatic carbocycles. The van der Waals surface area contributed by atoms with Gasteiger partial charge < -0.3 is 10.0 Å². The van der Waals surface area contributed by atoms with Gasteiger partial charge in [0.15, 0.2) is 0 Å². The lowest BCUT2D eigenvalue weighted by Crippen LogP contribution is -2.40. The minimum atomic E-state index is -0.915. The second-order valence-electron chi connectivity index (χ2n) is 4.22. The van der Waals surface area contributed by atoms with Gasteiger partial charge in [-0.2, -0.15) is 0 Å². The van der Waals surface area contributed by atoms with Gasteiger partial charge in [0.25, 0.3) is 5.91 Å². The topological polar surface area (TPSA) is 57.6 Å². The highest BCUT2D eigenvalue weighted by Crippen LogP contribution is 2.21. The van der Waals surface area contributed by atoms with Crippen molar-refractivity contribution in [3.8, 4) is 0 Å². The average molecular weight is 265 g/mol. The van der Waals surface area contributed by atoms with Gasteiger partial charge in [-0.05, 0) is 43.4 Å². The molecule has 96 valence electrons. The Kier molecular flexibility index (Phi) is 3.91. The number of benzene rings is 1. The van der Waals surface area contributed by atoms with Crippen LogP contribution in [0.25, 0.3) is 0 Å². The molecule has 1 atom stereocenters. The summed E-state index contributed by atoms with van der Waals surface area (Å²) in [6.45, 7) is 0.528. The molecule has 1 aromatic carbocycles. The van der Waals surface area contributed by atoms with Crippen molar-refractivity contribution in [1.29, 1.82) is 0 Å². The molecule has 18 heavy (non-hydrogen) atoms. The van der Waals surface area contributed by atoms with Crippen molar-refractivity contribution in [2.75, 3.05) is 12.8 Å². The highest BCUT2D eigenvalue weighted by Gasteiger charge is 2.34. The summed E-state index contributed by atoms with van der Waals surface area (Å²) < 4.78 is 0. The number of likely N-dealkylation sites (tertiary alicyclic amines) is 1. The molecule has 2 rings (SSSR count). The van der Waals surface area contributed by atoms with Crippen molar-refractivity contribution in [3.05, 3.63) is 29.8 Å². The molecule has 0 spiro atoms. The van der Waals surface area contributed by atoms with E-state index < -0.39 is 12.0 Å². The standard InChI is InChI=1S/C13H15NO3S/c1-18-10-6-4-9(5-7-10)12(15)14-8-2-3-11(14)13(16)17/h4-7,11H,2-3,8H2,1H3,(H,16,17)/t11-/m0/s1. The number of carboxylic acids is 1. The van der Waals surface area contributed by atoms with Crippen LogP contribution in [0.15, 0.2) is 29.2 Å². The van der Waals surface area contributed by atoms with E-state index in [1.807, 2.05) is 18.4 Å². The number of hydrogen-bond acceptors (Lipinski definition) is 3. The number of rotatable bonds is 3. The predicted octanol–water partition coefficient (Wildman–Crippen LogP) is 2.10. The zero-order valence-electron chi connectivity index (χ0n) is 10.1. The lowest BCUT2D eigenvalue weighted by atomic mass is 10.1. The van der Waals surface area contributed by atoms with E-state index in [1.54, 1.807) is 23.9 Å². The highest BCUT2D eigenvalue weighted by atomic mass is 32.2. The van der Waals surface area contributed by atoms with E-state index in [2.05, 4.69) is 0 Å². The van der Waals surface area contributed by atoms with Gasteiger partial charge in [0.2, 0.25) is 0 Å². The second-order valence-corrected chi connectivity index (χ2v) is 5.10. The van der Waals surface area contributed by atoms with Gasteiger partial charge in [0.1, 0.15) is 6.04 Å². The molecule has 1 aliphatic rings. The third-order valence-electron chi connectivity index (χ3n) is 3.14. The maximum atomic E-state index is 12.2. The smallest absolute Gasteiger partial charge is 0.326 e. The number of aliphatic carboxylic acids is 1. The Balaban J connectivity index is 2.17. The molecule has 0 saturated carbocycles. The maximum absolute atomic E-state index is 12.2. The molecule has 1 aromatic rings. The first-order valence-electron chi connectivity index (χ1n) is 5.81. The zero-order valence-corrected chi connectivity index (χ0v) is 10.9. The van der Waals surface area contributed by atoms with Crippen LogP contribution in [-0.4, -0.2) is 40.7 Å². The zero-order chi connectivity index (χ0) is 13.1. The number of nitrogens with zero attached hydrogens (tertiary/aromatic N) is 1.